The van der Waals surface area contributed by atoms with Crippen LogP contribution in [0.25, 0.3) is 22.3 Å². The molecule has 0 bridgehead atoms. The van der Waals surface area contributed by atoms with Gasteiger partial charge in [0.2, 0.25) is 6.20 Å². The van der Waals surface area contributed by atoms with Crippen LogP contribution in [0.1, 0.15) is 5.69 Å². The Balaban J connectivity index is 2.18. The number of nitrogens with zero attached hydrogens (tertiary/aromatic N) is 3. The molecule has 0 atom stereocenters. The molecule has 0 N–H and O–H groups in total. The highest BCUT2D eigenvalue weighted by Crippen LogP contribution is 2.28. The molecule has 0 unspecified atom stereocenters. The summed E-state index contributed by atoms with van der Waals surface area (Å²) in [5.74, 6) is 0. The maximum Gasteiger partial charge on any atom is 0.236 e. The van der Waals surface area contributed by atoms with E-state index in [9.17, 15) is 10.1 Å². The zero-order chi connectivity index (χ0) is 14.1. The van der Waals surface area contributed by atoms with Crippen molar-refractivity contribution in [2.45, 2.75) is 0 Å². The van der Waals surface area contributed by atoms with Crippen LogP contribution in [0, 0.1) is 10.1 Å². The van der Waals surface area contributed by atoms with Gasteiger partial charge in [0.25, 0.3) is 0 Å². The van der Waals surface area contributed by atoms with Gasteiger partial charge in [-0.3, -0.25) is 14.5 Å². The summed E-state index contributed by atoms with van der Waals surface area (Å²) < 4.78 is 1.83. The first kappa shape index (κ1) is 12.8. The van der Waals surface area contributed by atoms with Crippen molar-refractivity contribution in [3.05, 3.63) is 62.9 Å². The molecule has 7 heteroatoms. The smallest absolute Gasteiger partial charge is 0.236 e. The topological polar surface area (TPSA) is 60.4 Å². The van der Waals surface area contributed by atoms with E-state index in [0.717, 1.165) is 16.7 Å². The van der Waals surface area contributed by atoms with Crippen molar-refractivity contribution in [3.8, 4) is 11.3 Å². The van der Waals surface area contributed by atoms with Crippen LogP contribution < -0.4 is 0 Å². The van der Waals surface area contributed by atoms with E-state index in [0.29, 0.717) is 16.4 Å². The molecule has 0 fully saturated rings. The van der Waals surface area contributed by atoms with Gasteiger partial charge < -0.3 is 0 Å². The predicted molar refractivity (Wildman–Crippen MR) is 79.5 cm³/mol. The van der Waals surface area contributed by atoms with Crippen LogP contribution in [0.2, 0.25) is 5.02 Å². The Morgan fingerprint density at radius 1 is 1.35 bits per heavy atom. The third kappa shape index (κ3) is 2.31. The van der Waals surface area contributed by atoms with E-state index in [1.165, 1.54) is 17.4 Å². The monoisotopic (exact) mass is 305 g/mol. The molecule has 2 aromatic heterocycles. The maximum atomic E-state index is 10.5. The SMILES string of the molecule is O=[N+]([O-])/C=C/c1c(-c2ccc(Cl)cc2)nc2sccn12. The molecule has 0 saturated heterocycles. The first-order valence-electron chi connectivity index (χ1n) is 5.68. The van der Waals surface area contributed by atoms with Crippen molar-refractivity contribution in [1.82, 2.24) is 9.38 Å². The third-order valence-electron chi connectivity index (χ3n) is 2.77. The van der Waals surface area contributed by atoms with Gasteiger partial charge in [0, 0.05) is 28.2 Å². The Kier molecular flexibility index (Phi) is 3.25. The van der Waals surface area contributed by atoms with Crippen LogP contribution in [0.15, 0.2) is 42.0 Å². The minimum Gasteiger partial charge on any atom is -0.290 e. The van der Waals surface area contributed by atoms with Gasteiger partial charge in [-0.25, -0.2) is 4.98 Å². The van der Waals surface area contributed by atoms with Crippen molar-refractivity contribution in [2.75, 3.05) is 0 Å². The fraction of sp³-hybridized carbons (Fsp3) is 0. The lowest BCUT2D eigenvalue weighted by molar-refractivity contribution is -0.401. The Morgan fingerprint density at radius 2 is 2.10 bits per heavy atom. The van der Waals surface area contributed by atoms with Gasteiger partial charge in [-0.1, -0.05) is 23.7 Å². The Morgan fingerprint density at radius 3 is 2.80 bits per heavy atom. The predicted octanol–water partition coefficient (Wildman–Crippen LogP) is 3.96. The van der Waals surface area contributed by atoms with Gasteiger partial charge >= 0.3 is 0 Å². The molecule has 3 rings (SSSR count). The number of halogens is 1. The largest absolute Gasteiger partial charge is 0.290 e. The standard InChI is InChI=1S/C13H8ClN3O2S/c14-10-3-1-9(2-4-10)12-11(5-6-17(18)19)16-7-8-20-13(16)15-12/h1-8H/b6-5+. The lowest BCUT2D eigenvalue weighted by Crippen LogP contribution is -1.88. The third-order valence-corrected chi connectivity index (χ3v) is 3.78. The highest BCUT2D eigenvalue weighted by Gasteiger charge is 2.13. The second-order valence-corrected chi connectivity index (χ2v) is 5.32. The average Bonchev–Trinajstić information content (AvgIpc) is 2.98. The lowest BCUT2D eigenvalue weighted by Gasteiger charge is -1.99. The summed E-state index contributed by atoms with van der Waals surface area (Å²) in [7, 11) is 0. The van der Waals surface area contributed by atoms with Crippen LogP contribution in [-0.4, -0.2) is 14.3 Å². The molecule has 0 aliphatic rings. The van der Waals surface area contributed by atoms with Gasteiger partial charge in [0.05, 0.1) is 16.3 Å². The molecule has 2 heterocycles. The van der Waals surface area contributed by atoms with Crippen molar-refractivity contribution in [2.24, 2.45) is 0 Å². The summed E-state index contributed by atoms with van der Waals surface area (Å²) in [6.07, 6.45) is 4.21. The first-order valence-corrected chi connectivity index (χ1v) is 6.94. The maximum absolute atomic E-state index is 10.5. The Hall–Kier alpha value is -2.18. The van der Waals surface area contributed by atoms with Gasteiger partial charge in [-0.15, -0.1) is 11.3 Å². The van der Waals surface area contributed by atoms with Crippen LogP contribution in [0.5, 0.6) is 0 Å². The highest BCUT2D eigenvalue weighted by molar-refractivity contribution is 7.15. The van der Waals surface area contributed by atoms with Crippen molar-refractivity contribution in [1.29, 1.82) is 0 Å². The molecule has 0 radical (unpaired) electrons. The van der Waals surface area contributed by atoms with Crippen LogP contribution in [0.3, 0.4) is 0 Å². The Labute approximate surface area is 122 Å². The number of imidazole rings is 1. The molecule has 0 amide bonds. The number of fused-ring (bicyclic) bond motifs is 1. The summed E-state index contributed by atoms with van der Waals surface area (Å²) in [6, 6.07) is 7.23. The number of thiazole rings is 1. The van der Waals surface area contributed by atoms with Gasteiger partial charge in [-0.05, 0) is 12.1 Å². The quantitative estimate of drug-likeness (QED) is 0.543. The molecule has 3 aromatic rings. The zero-order valence-corrected chi connectivity index (χ0v) is 11.6. The van der Waals surface area contributed by atoms with E-state index in [1.807, 2.05) is 28.1 Å². The molecule has 5 nitrogen and oxygen atoms in total. The van der Waals surface area contributed by atoms with Crippen molar-refractivity contribution < 1.29 is 4.92 Å². The molecule has 1 aromatic carbocycles. The van der Waals surface area contributed by atoms with E-state index in [1.54, 1.807) is 12.1 Å². The lowest BCUT2D eigenvalue weighted by atomic mass is 10.1. The van der Waals surface area contributed by atoms with Gasteiger partial charge in [0.15, 0.2) is 4.96 Å². The van der Waals surface area contributed by atoms with E-state index in [2.05, 4.69) is 4.98 Å². The fourth-order valence-corrected chi connectivity index (χ4v) is 2.76. The first-order chi connectivity index (χ1) is 9.65. The van der Waals surface area contributed by atoms with E-state index < -0.39 is 4.92 Å². The summed E-state index contributed by atoms with van der Waals surface area (Å²) in [6.45, 7) is 0. The Bertz CT molecular complexity index is 805. The number of hydrogen-bond acceptors (Lipinski definition) is 4. The molecule has 0 saturated carbocycles. The highest BCUT2D eigenvalue weighted by atomic mass is 35.5. The second-order valence-electron chi connectivity index (χ2n) is 4.01. The summed E-state index contributed by atoms with van der Waals surface area (Å²) in [5, 5.41) is 13.1. The molecule has 100 valence electrons. The second kappa shape index (κ2) is 5.07. The molecule has 0 spiro atoms. The van der Waals surface area contributed by atoms with E-state index in [-0.39, 0.29) is 0 Å². The minimum atomic E-state index is -0.489. The number of aromatic nitrogens is 2. The molecule has 0 aliphatic heterocycles. The van der Waals surface area contributed by atoms with Crippen molar-refractivity contribution in [3.63, 3.8) is 0 Å². The molecular weight excluding hydrogens is 298 g/mol. The van der Waals surface area contributed by atoms with Crippen LogP contribution in [-0.2, 0) is 0 Å². The number of nitro groups is 1. The van der Waals surface area contributed by atoms with Gasteiger partial charge in [0.1, 0.15) is 0 Å². The van der Waals surface area contributed by atoms with E-state index in [4.69, 9.17) is 11.6 Å². The molecule has 0 aliphatic carbocycles. The van der Waals surface area contributed by atoms with Crippen molar-refractivity contribution >= 4 is 34.0 Å². The average molecular weight is 306 g/mol. The van der Waals surface area contributed by atoms with Crippen LogP contribution in [0.4, 0.5) is 0 Å². The zero-order valence-electron chi connectivity index (χ0n) is 10.1. The summed E-state index contributed by atoms with van der Waals surface area (Å²) in [5.41, 5.74) is 2.25. The van der Waals surface area contributed by atoms with Crippen LogP contribution >= 0.6 is 22.9 Å². The number of hydrogen-bond donors (Lipinski definition) is 0. The number of rotatable bonds is 3. The van der Waals surface area contributed by atoms with Gasteiger partial charge in [-0.2, -0.15) is 0 Å². The molecular formula is C13H8ClN3O2S. The molecule has 20 heavy (non-hydrogen) atoms. The van der Waals surface area contributed by atoms with E-state index >= 15 is 0 Å². The minimum absolute atomic E-state index is 0.489. The summed E-state index contributed by atoms with van der Waals surface area (Å²) >= 11 is 7.35. The fourth-order valence-electron chi connectivity index (χ4n) is 1.91. The normalized spacial score (nSPS) is 11.4. The number of benzene rings is 1. The summed E-state index contributed by atoms with van der Waals surface area (Å²) in [4.78, 5) is 15.4.